The second-order valence-corrected chi connectivity index (χ2v) is 16.0. The Hall–Kier alpha value is -5.70. The third kappa shape index (κ3) is 8.31. The number of fused-ring (bicyclic) bond motifs is 2. The topological polar surface area (TPSA) is 193 Å². The molecule has 15 nitrogen and oxygen atoms in total. The Morgan fingerprint density at radius 3 is 1.83 bits per heavy atom. The number of aromatic nitrogens is 4. The maximum absolute atomic E-state index is 13.6. The summed E-state index contributed by atoms with van der Waals surface area (Å²) in [6, 6.07) is 14.7. The molecule has 2 saturated carbocycles. The molecule has 7 rings (SSSR count). The Morgan fingerprint density at radius 1 is 0.724 bits per heavy atom. The highest BCUT2D eigenvalue weighted by atomic mass is 16.5. The molecule has 5 unspecified atom stereocenters. The van der Waals surface area contributed by atoms with Crippen LogP contribution in [0, 0.1) is 17.8 Å². The third-order valence-electron chi connectivity index (χ3n) is 12.3. The highest BCUT2D eigenvalue weighted by Crippen LogP contribution is 2.52. The largest absolute Gasteiger partial charge is 0.453 e. The smallest absolute Gasteiger partial charge is 0.407 e. The summed E-state index contributed by atoms with van der Waals surface area (Å²) in [5.41, 5.74) is 5.86. The number of methoxy groups -OCH3 is 3. The van der Waals surface area contributed by atoms with Gasteiger partial charge in [-0.15, -0.1) is 0 Å². The minimum absolute atomic E-state index is 0.0640. The predicted octanol–water partition coefficient (Wildman–Crippen LogP) is 5.94. The minimum Gasteiger partial charge on any atom is -0.453 e. The average molecular weight is 795 g/mol. The number of rotatable bonds is 13. The molecule has 15 heteroatoms. The number of H-pyrrole nitrogens is 2. The molecule has 5 N–H and O–H groups in total. The van der Waals surface area contributed by atoms with E-state index in [9.17, 15) is 19.2 Å². The van der Waals surface area contributed by atoms with E-state index in [1.165, 1.54) is 21.3 Å². The van der Waals surface area contributed by atoms with E-state index in [0.29, 0.717) is 24.2 Å². The van der Waals surface area contributed by atoms with Crippen molar-refractivity contribution in [2.45, 2.75) is 89.1 Å². The summed E-state index contributed by atoms with van der Waals surface area (Å²) < 4.78 is 14.9. The number of ether oxygens (including phenoxy) is 3. The summed E-state index contributed by atoms with van der Waals surface area (Å²) in [5.74, 6) is 1.89. The van der Waals surface area contributed by atoms with Crippen molar-refractivity contribution in [1.82, 2.24) is 40.8 Å². The van der Waals surface area contributed by atoms with Gasteiger partial charge in [0.15, 0.2) is 0 Å². The van der Waals surface area contributed by atoms with E-state index in [-0.39, 0.29) is 35.7 Å². The van der Waals surface area contributed by atoms with Gasteiger partial charge >= 0.3 is 12.2 Å². The monoisotopic (exact) mass is 794 g/mol. The first-order chi connectivity index (χ1) is 28.0. The van der Waals surface area contributed by atoms with Gasteiger partial charge in [0.2, 0.25) is 11.8 Å². The van der Waals surface area contributed by atoms with Crippen LogP contribution in [-0.4, -0.2) is 101 Å². The second kappa shape index (κ2) is 17.4. The number of alkyl carbamates (subject to hydrolysis) is 2. The molecular formula is C43H54N8O7. The number of nitrogens with zero attached hydrogens (tertiary/aromatic N) is 3. The maximum atomic E-state index is 13.6. The summed E-state index contributed by atoms with van der Waals surface area (Å²) in [6.45, 7) is 6.09. The van der Waals surface area contributed by atoms with E-state index >= 15 is 0 Å². The molecule has 2 aromatic carbocycles. The van der Waals surface area contributed by atoms with Gasteiger partial charge in [-0.1, -0.05) is 62.4 Å². The fourth-order valence-corrected chi connectivity index (χ4v) is 9.05. The summed E-state index contributed by atoms with van der Waals surface area (Å²) >= 11 is 0. The first-order valence-corrected chi connectivity index (χ1v) is 20.1. The van der Waals surface area contributed by atoms with Crippen LogP contribution in [0.1, 0.15) is 76.5 Å². The molecule has 3 heterocycles. The van der Waals surface area contributed by atoms with Crippen molar-refractivity contribution in [3.63, 3.8) is 0 Å². The molecule has 2 aromatic heterocycles. The van der Waals surface area contributed by atoms with Crippen LogP contribution in [-0.2, 0) is 23.8 Å². The molecule has 0 radical (unpaired) electrons. The van der Waals surface area contributed by atoms with Gasteiger partial charge in [0.05, 0.1) is 50.1 Å². The molecule has 308 valence electrons. The molecular weight excluding hydrogens is 741 g/mol. The molecule has 0 spiro atoms. The van der Waals surface area contributed by atoms with E-state index in [2.05, 4.69) is 79.4 Å². The van der Waals surface area contributed by atoms with E-state index in [4.69, 9.17) is 19.2 Å². The molecule has 58 heavy (non-hydrogen) atoms. The number of hydrogen-bond donors (Lipinski definition) is 5. The fourth-order valence-electron chi connectivity index (χ4n) is 9.05. The van der Waals surface area contributed by atoms with Crippen molar-refractivity contribution in [1.29, 1.82) is 0 Å². The van der Waals surface area contributed by atoms with E-state index in [1.54, 1.807) is 18.0 Å². The molecule has 3 aliphatic rings. The number of aromatic amines is 2. The number of benzene rings is 2. The number of carbonyl (C=O) groups excluding carboxylic acids is 4. The molecule has 2 aliphatic carbocycles. The van der Waals surface area contributed by atoms with Gasteiger partial charge in [-0.2, -0.15) is 0 Å². The van der Waals surface area contributed by atoms with Crippen molar-refractivity contribution < 1.29 is 33.4 Å². The first kappa shape index (κ1) is 40.5. The zero-order valence-corrected chi connectivity index (χ0v) is 33.9. The zero-order chi connectivity index (χ0) is 41.1. The van der Waals surface area contributed by atoms with Gasteiger partial charge in [-0.05, 0) is 79.0 Å². The Morgan fingerprint density at radius 2 is 1.26 bits per heavy atom. The van der Waals surface area contributed by atoms with Gasteiger partial charge in [0.1, 0.15) is 23.7 Å². The van der Waals surface area contributed by atoms with Gasteiger partial charge < -0.3 is 45.0 Å². The van der Waals surface area contributed by atoms with Crippen LogP contribution in [0.2, 0.25) is 0 Å². The summed E-state index contributed by atoms with van der Waals surface area (Å²) in [7, 11) is 4.06. The lowest BCUT2D eigenvalue weighted by atomic mass is 9.83. The number of carbonyl (C=O) groups is 4. The van der Waals surface area contributed by atoms with Crippen LogP contribution < -0.4 is 16.0 Å². The van der Waals surface area contributed by atoms with Crippen LogP contribution in [0.25, 0.3) is 33.6 Å². The van der Waals surface area contributed by atoms with Gasteiger partial charge in [-0.3, -0.25) is 9.59 Å². The van der Waals surface area contributed by atoms with Crippen LogP contribution in [0.3, 0.4) is 0 Å². The standard InChI is InChI=1S/C43H54N8O7/c1-23(2)35(49-42(54)57-5)40(52)48-37-30-18-17-29(20-30)34(37)39-45-22-32(47-39)28-15-11-26(12-16-28)25-9-13-27(14-10-25)31-21-44-38(46-31)33-8-7-19-51(33)41(53)36(24(3)56-4)50-43(55)58-6/h9-16,21-24,29-30,33-37H,7-8,17-20H2,1-6H3,(H,44,46)(H,45,47)(H,48,52)(H,49,54)(H,50,55)/t24?,29?,30?,33-,34-,35?,36?,37-/m0/s1. The maximum Gasteiger partial charge on any atom is 0.407 e. The molecule has 8 atom stereocenters. The second-order valence-electron chi connectivity index (χ2n) is 16.0. The van der Waals surface area contributed by atoms with Crippen LogP contribution in [0.4, 0.5) is 9.59 Å². The lowest BCUT2D eigenvalue weighted by molar-refractivity contribution is -0.137. The van der Waals surface area contributed by atoms with Crippen molar-refractivity contribution in [3.8, 4) is 33.6 Å². The van der Waals surface area contributed by atoms with Gasteiger partial charge in [0.25, 0.3) is 0 Å². The molecule has 1 aliphatic heterocycles. The Kier molecular flexibility index (Phi) is 12.2. The lowest BCUT2D eigenvalue weighted by Gasteiger charge is -2.32. The lowest BCUT2D eigenvalue weighted by Crippen LogP contribution is -2.54. The Balaban J connectivity index is 1.00. The van der Waals surface area contributed by atoms with Crippen molar-refractivity contribution in [2.75, 3.05) is 27.9 Å². The molecule has 2 bridgehead atoms. The zero-order valence-electron chi connectivity index (χ0n) is 33.9. The van der Waals surface area contributed by atoms with E-state index < -0.39 is 30.4 Å². The number of hydrogen-bond acceptors (Lipinski definition) is 9. The minimum atomic E-state index is -0.894. The van der Waals surface area contributed by atoms with E-state index in [0.717, 1.165) is 71.6 Å². The van der Waals surface area contributed by atoms with Crippen LogP contribution in [0.15, 0.2) is 60.9 Å². The number of amides is 4. The Labute approximate surface area is 338 Å². The van der Waals surface area contributed by atoms with Crippen molar-refractivity contribution >= 4 is 24.0 Å². The highest BCUT2D eigenvalue weighted by molar-refractivity contribution is 5.87. The predicted molar refractivity (Wildman–Crippen MR) is 216 cm³/mol. The van der Waals surface area contributed by atoms with Gasteiger partial charge in [-0.25, -0.2) is 19.6 Å². The quantitative estimate of drug-likeness (QED) is 0.109. The number of imidazole rings is 2. The fraction of sp³-hybridized carbons (Fsp3) is 0.488. The first-order valence-electron chi connectivity index (χ1n) is 20.1. The number of likely N-dealkylation sites (tertiary alicyclic amines) is 1. The highest BCUT2D eigenvalue weighted by Gasteiger charge is 2.50. The van der Waals surface area contributed by atoms with Crippen molar-refractivity contribution in [3.05, 3.63) is 72.6 Å². The van der Waals surface area contributed by atoms with Crippen molar-refractivity contribution in [2.24, 2.45) is 17.8 Å². The molecule has 3 fully saturated rings. The van der Waals surface area contributed by atoms with Crippen LogP contribution in [0.5, 0.6) is 0 Å². The summed E-state index contributed by atoms with van der Waals surface area (Å²) in [4.78, 5) is 69.3. The summed E-state index contributed by atoms with van der Waals surface area (Å²) in [6.07, 6.45) is 6.57. The Bertz CT molecular complexity index is 2080. The van der Waals surface area contributed by atoms with Crippen LogP contribution >= 0.6 is 0 Å². The molecule has 4 aromatic rings. The molecule has 1 saturated heterocycles. The summed E-state index contributed by atoms with van der Waals surface area (Å²) in [5, 5.41) is 8.60. The SMILES string of the molecule is COC(=O)NC(C(=O)N[C@H]1C2CCC(C2)[C@@H]1c1ncc(-c2ccc(-c3ccc(-c4cnc([C@@H]5CCCN5C(=O)C(NC(=O)OC)C(C)OC)[nH]4)cc3)cc2)[nH]1)C(C)C. The third-order valence-corrected chi connectivity index (χ3v) is 12.3. The van der Waals surface area contributed by atoms with E-state index in [1.807, 2.05) is 20.0 Å². The average Bonchev–Trinajstić information content (AvgIpc) is 4.10. The normalized spacial score (nSPS) is 22.7. The number of nitrogens with one attached hydrogen (secondary N) is 5. The van der Waals surface area contributed by atoms with Gasteiger partial charge in [0, 0.05) is 25.6 Å². The molecule has 4 amide bonds.